The molecule has 12 heteroatoms. The lowest BCUT2D eigenvalue weighted by Gasteiger charge is -2.38. The molecule has 0 bridgehead atoms. The second-order valence-corrected chi connectivity index (χ2v) is 11.2. The first-order chi connectivity index (χ1) is 17.2. The van der Waals surface area contributed by atoms with Gasteiger partial charge < -0.3 is 19.0 Å². The summed E-state index contributed by atoms with van der Waals surface area (Å²) in [4.78, 5) is 29.0. The normalized spacial score (nSPS) is 15.3. The van der Waals surface area contributed by atoms with Crippen LogP contribution >= 0.6 is 11.8 Å². The summed E-state index contributed by atoms with van der Waals surface area (Å²) >= 11 is 1.54. The number of amides is 1. The molecule has 1 N–H and O–H groups in total. The molecule has 1 atom stereocenters. The maximum Gasteiger partial charge on any atom is 0.419 e. The van der Waals surface area contributed by atoms with E-state index in [2.05, 4.69) is 9.62 Å². The number of hydrogen-bond acceptors (Lipinski definition) is 8. The largest absolute Gasteiger partial charge is 0.495 e. The minimum absolute atomic E-state index is 0.0627. The number of carbonyl (C=O) groups excluding carboxylic acids is 1. The number of carbonyl (C=O) groups is 1. The van der Waals surface area contributed by atoms with Crippen LogP contribution in [0.1, 0.15) is 6.42 Å². The van der Waals surface area contributed by atoms with E-state index in [1.807, 2.05) is 30.5 Å². The van der Waals surface area contributed by atoms with E-state index in [1.165, 1.54) is 22.8 Å². The van der Waals surface area contributed by atoms with Crippen LogP contribution in [-0.4, -0.2) is 75.1 Å². The molecule has 1 aliphatic heterocycles. The summed E-state index contributed by atoms with van der Waals surface area (Å²) in [5.74, 6) is 0.564. The van der Waals surface area contributed by atoms with Gasteiger partial charge in [-0.05, 0) is 42.7 Å². The van der Waals surface area contributed by atoms with Gasteiger partial charge in [0.2, 0.25) is 15.9 Å². The Labute approximate surface area is 214 Å². The zero-order valence-corrected chi connectivity index (χ0v) is 22.1. The molecule has 1 aromatic heterocycles. The van der Waals surface area contributed by atoms with Crippen molar-refractivity contribution in [3.05, 3.63) is 53.0 Å². The summed E-state index contributed by atoms with van der Waals surface area (Å²) in [6, 6.07) is 11.1. The van der Waals surface area contributed by atoms with Gasteiger partial charge in [-0.2, -0.15) is 16.5 Å². The fourth-order valence-corrected chi connectivity index (χ4v) is 5.99. The van der Waals surface area contributed by atoms with Crippen molar-refractivity contribution in [2.75, 3.05) is 50.2 Å². The quantitative estimate of drug-likeness (QED) is 0.443. The minimum atomic E-state index is -4.04. The third-order valence-corrected chi connectivity index (χ3v) is 8.41. The van der Waals surface area contributed by atoms with Gasteiger partial charge in [0.1, 0.15) is 11.8 Å². The molecule has 1 unspecified atom stereocenters. The fraction of sp³-hybridized carbons (Fsp3) is 0.417. The Morgan fingerprint density at radius 3 is 2.58 bits per heavy atom. The Morgan fingerprint density at radius 2 is 1.89 bits per heavy atom. The van der Waals surface area contributed by atoms with Gasteiger partial charge in [-0.15, -0.1) is 0 Å². The Morgan fingerprint density at radius 1 is 1.17 bits per heavy atom. The number of methoxy groups -OCH3 is 1. The Balaban J connectivity index is 1.49. The van der Waals surface area contributed by atoms with Crippen LogP contribution in [0.4, 0.5) is 5.69 Å². The van der Waals surface area contributed by atoms with Crippen molar-refractivity contribution in [2.24, 2.45) is 7.05 Å². The lowest BCUT2D eigenvalue weighted by atomic mass is 10.1. The van der Waals surface area contributed by atoms with Crippen molar-refractivity contribution < 1.29 is 22.4 Å². The third kappa shape index (κ3) is 5.40. The first-order valence-electron chi connectivity index (χ1n) is 11.5. The predicted octanol–water partition coefficient (Wildman–Crippen LogP) is 1.89. The van der Waals surface area contributed by atoms with Gasteiger partial charge >= 0.3 is 5.76 Å². The summed E-state index contributed by atoms with van der Waals surface area (Å²) in [7, 11) is -0.860. The van der Waals surface area contributed by atoms with Gasteiger partial charge in [0, 0.05) is 39.3 Å². The van der Waals surface area contributed by atoms with E-state index in [0.29, 0.717) is 43.9 Å². The molecule has 10 nitrogen and oxygen atoms in total. The monoisotopic (exact) mass is 534 g/mol. The summed E-state index contributed by atoms with van der Waals surface area (Å²) < 4.78 is 40.9. The maximum atomic E-state index is 13.4. The van der Waals surface area contributed by atoms with Crippen molar-refractivity contribution >= 4 is 44.5 Å². The molecule has 1 amide bonds. The van der Waals surface area contributed by atoms with Crippen molar-refractivity contribution in [1.29, 1.82) is 0 Å². The van der Waals surface area contributed by atoms with E-state index in [0.717, 1.165) is 11.4 Å². The van der Waals surface area contributed by atoms with Crippen LogP contribution < -0.4 is 20.1 Å². The number of sulfonamides is 1. The predicted molar refractivity (Wildman–Crippen MR) is 140 cm³/mol. The SMILES string of the molecule is COc1ccccc1N1CCN(C(=O)C(CCSC)NS(=O)(=O)c2ccc3c(c2)oc(=O)n3C)CC1. The van der Waals surface area contributed by atoms with Gasteiger partial charge in [0.25, 0.3) is 0 Å². The molecule has 0 saturated carbocycles. The van der Waals surface area contributed by atoms with Crippen LogP contribution in [-0.2, 0) is 21.9 Å². The second-order valence-electron chi connectivity index (χ2n) is 8.50. The summed E-state index contributed by atoms with van der Waals surface area (Å²) in [6.45, 7) is 2.15. The highest BCUT2D eigenvalue weighted by Crippen LogP contribution is 2.28. The van der Waals surface area contributed by atoms with Gasteiger partial charge in [0.15, 0.2) is 5.58 Å². The Kier molecular flexibility index (Phi) is 7.96. The first kappa shape index (κ1) is 26.1. The van der Waals surface area contributed by atoms with Gasteiger partial charge in [-0.1, -0.05) is 12.1 Å². The molecule has 0 spiro atoms. The number of aryl methyl sites for hydroxylation is 1. The van der Waals surface area contributed by atoms with Crippen molar-refractivity contribution in [2.45, 2.75) is 17.4 Å². The number of rotatable bonds is 9. The number of hydrogen-bond donors (Lipinski definition) is 1. The number of thioether (sulfide) groups is 1. The van der Waals surface area contributed by atoms with E-state index in [-0.39, 0.29) is 16.4 Å². The van der Waals surface area contributed by atoms with E-state index in [1.54, 1.807) is 30.8 Å². The minimum Gasteiger partial charge on any atom is -0.495 e. The van der Waals surface area contributed by atoms with Gasteiger partial charge in [-0.3, -0.25) is 9.36 Å². The van der Waals surface area contributed by atoms with E-state index in [9.17, 15) is 18.0 Å². The van der Waals surface area contributed by atoms with Gasteiger partial charge in [0.05, 0.1) is 23.2 Å². The molecule has 1 fully saturated rings. The molecule has 2 aromatic carbocycles. The highest BCUT2D eigenvalue weighted by atomic mass is 32.2. The van der Waals surface area contributed by atoms with E-state index >= 15 is 0 Å². The van der Waals surface area contributed by atoms with Crippen molar-refractivity contribution in [3.63, 3.8) is 0 Å². The van der Waals surface area contributed by atoms with Crippen molar-refractivity contribution in [3.8, 4) is 5.75 Å². The summed E-state index contributed by atoms with van der Waals surface area (Å²) in [5, 5.41) is 0. The number of anilines is 1. The molecule has 1 saturated heterocycles. The standard InChI is InChI=1S/C24H30N4O6S2/c1-26-19-9-8-17(16-22(19)34-24(26)30)36(31,32)25-18(10-15-35-3)23(29)28-13-11-27(12-14-28)20-6-4-5-7-21(20)33-2/h4-9,16,18,25H,10-15H2,1-3H3. The number of nitrogens with zero attached hydrogens (tertiary/aromatic N) is 3. The Hall–Kier alpha value is -2.96. The maximum absolute atomic E-state index is 13.4. The average Bonchev–Trinajstić information content (AvgIpc) is 3.18. The van der Waals surface area contributed by atoms with Crippen LogP contribution in [0.2, 0.25) is 0 Å². The average molecular weight is 535 g/mol. The highest BCUT2D eigenvalue weighted by molar-refractivity contribution is 7.98. The molecule has 4 rings (SSSR count). The molecule has 1 aliphatic rings. The number of para-hydroxylation sites is 2. The number of piperazine rings is 1. The number of nitrogens with one attached hydrogen (secondary N) is 1. The number of ether oxygens (including phenoxy) is 1. The fourth-order valence-electron chi connectivity index (χ4n) is 4.28. The lowest BCUT2D eigenvalue weighted by molar-refractivity contribution is -0.133. The van der Waals surface area contributed by atoms with Crippen LogP contribution in [0.15, 0.2) is 56.6 Å². The van der Waals surface area contributed by atoms with Crippen LogP contribution in [0, 0.1) is 0 Å². The smallest absolute Gasteiger partial charge is 0.419 e. The highest BCUT2D eigenvalue weighted by Gasteiger charge is 2.31. The molecule has 3 aromatic rings. The molecular weight excluding hydrogens is 504 g/mol. The van der Waals surface area contributed by atoms with Crippen LogP contribution in [0.25, 0.3) is 11.1 Å². The number of fused-ring (bicyclic) bond motifs is 1. The zero-order chi connectivity index (χ0) is 25.9. The third-order valence-electron chi connectivity index (χ3n) is 6.30. The molecular formula is C24H30N4O6S2. The summed E-state index contributed by atoms with van der Waals surface area (Å²) in [5.41, 5.74) is 1.63. The topological polar surface area (TPSA) is 114 Å². The Bertz CT molecular complexity index is 1390. The number of oxazole rings is 1. The molecule has 36 heavy (non-hydrogen) atoms. The second kappa shape index (κ2) is 11.0. The zero-order valence-electron chi connectivity index (χ0n) is 20.5. The van der Waals surface area contributed by atoms with Crippen molar-refractivity contribution in [1.82, 2.24) is 14.2 Å². The molecule has 0 radical (unpaired) electrons. The molecule has 0 aliphatic carbocycles. The molecule has 2 heterocycles. The van der Waals surface area contributed by atoms with E-state index < -0.39 is 21.8 Å². The number of benzene rings is 2. The lowest BCUT2D eigenvalue weighted by Crippen LogP contribution is -2.55. The van der Waals surface area contributed by atoms with E-state index in [4.69, 9.17) is 9.15 Å². The first-order valence-corrected chi connectivity index (χ1v) is 14.4. The van der Waals surface area contributed by atoms with Crippen LogP contribution in [0.5, 0.6) is 5.75 Å². The summed E-state index contributed by atoms with van der Waals surface area (Å²) in [6.07, 6.45) is 2.27. The van der Waals surface area contributed by atoms with Crippen LogP contribution in [0.3, 0.4) is 0 Å². The molecule has 194 valence electrons. The number of aromatic nitrogens is 1. The van der Waals surface area contributed by atoms with Gasteiger partial charge in [-0.25, -0.2) is 13.2 Å².